The molecule has 4 heteroatoms. The van der Waals surface area contributed by atoms with Crippen LogP contribution in [0.2, 0.25) is 0 Å². The van der Waals surface area contributed by atoms with Crippen LogP contribution in [0.3, 0.4) is 0 Å². The normalized spacial score (nSPS) is 10.5. The lowest BCUT2D eigenvalue weighted by Gasteiger charge is -2.11. The van der Waals surface area contributed by atoms with Crippen molar-refractivity contribution in [1.29, 1.82) is 0 Å². The quantitative estimate of drug-likeness (QED) is 0.908. The van der Waals surface area contributed by atoms with Crippen LogP contribution in [0.1, 0.15) is 18.1 Å². The fourth-order valence-electron chi connectivity index (χ4n) is 1.80. The monoisotopic (exact) mass is 249 g/mol. The molecule has 90 valence electrons. The second kappa shape index (κ2) is 4.75. The van der Waals surface area contributed by atoms with Crippen LogP contribution in [0.25, 0.3) is 11.3 Å². The predicted octanol–water partition coefficient (Wildman–Crippen LogP) is 3.12. The molecule has 2 aromatic rings. The van der Waals surface area contributed by atoms with E-state index < -0.39 is 0 Å². The van der Waals surface area contributed by atoms with Gasteiger partial charge in [0, 0.05) is 10.9 Å². The number of ether oxygens (including phenoxy) is 1. The van der Waals surface area contributed by atoms with E-state index in [1.807, 2.05) is 32.2 Å². The van der Waals surface area contributed by atoms with Gasteiger partial charge in [-0.2, -0.15) is 0 Å². The summed E-state index contributed by atoms with van der Waals surface area (Å²) < 4.78 is 5.54. The summed E-state index contributed by atoms with van der Waals surface area (Å²) >= 11 is 1.19. The average Bonchev–Trinajstić information content (AvgIpc) is 2.70. The number of aryl methyl sites for hydroxylation is 2. The predicted molar refractivity (Wildman–Crippen MR) is 71.0 cm³/mol. The standard InChI is InChI=1S/C13H15NO2S/c1-4-16-12-6-8(2)10(5-9(12)3)11-7-17-13(15)14-11/h5-7H,4H2,1-3H3,(H,14,15). The van der Waals surface area contributed by atoms with E-state index in [1.165, 1.54) is 11.3 Å². The Morgan fingerprint density at radius 2 is 2.06 bits per heavy atom. The molecule has 0 saturated carbocycles. The summed E-state index contributed by atoms with van der Waals surface area (Å²) in [5.74, 6) is 0.909. The van der Waals surface area contributed by atoms with Gasteiger partial charge in [0.15, 0.2) is 0 Å². The molecule has 0 fully saturated rings. The highest BCUT2D eigenvalue weighted by Gasteiger charge is 2.08. The van der Waals surface area contributed by atoms with Gasteiger partial charge in [-0.15, -0.1) is 0 Å². The van der Waals surface area contributed by atoms with Gasteiger partial charge in [-0.05, 0) is 44.0 Å². The molecule has 2 rings (SSSR count). The van der Waals surface area contributed by atoms with Gasteiger partial charge in [0.1, 0.15) is 5.75 Å². The molecule has 0 amide bonds. The van der Waals surface area contributed by atoms with Crippen LogP contribution in [0.5, 0.6) is 5.75 Å². The lowest BCUT2D eigenvalue weighted by molar-refractivity contribution is 0.337. The molecule has 0 radical (unpaired) electrons. The molecule has 1 aromatic carbocycles. The Kier molecular flexibility index (Phi) is 3.33. The summed E-state index contributed by atoms with van der Waals surface area (Å²) in [5, 5.41) is 1.85. The fourth-order valence-corrected chi connectivity index (χ4v) is 2.38. The zero-order chi connectivity index (χ0) is 12.4. The highest BCUT2D eigenvalue weighted by molar-refractivity contribution is 7.07. The first-order valence-electron chi connectivity index (χ1n) is 5.54. The second-order valence-corrected chi connectivity index (χ2v) is 4.77. The zero-order valence-corrected chi connectivity index (χ0v) is 11.0. The third-order valence-corrected chi connectivity index (χ3v) is 3.30. The molecule has 3 nitrogen and oxygen atoms in total. The first-order valence-corrected chi connectivity index (χ1v) is 6.42. The van der Waals surface area contributed by atoms with E-state index in [4.69, 9.17) is 4.74 Å². The fraction of sp³-hybridized carbons (Fsp3) is 0.308. The van der Waals surface area contributed by atoms with E-state index >= 15 is 0 Å². The van der Waals surface area contributed by atoms with Crippen LogP contribution < -0.4 is 9.61 Å². The van der Waals surface area contributed by atoms with E-state index in [1.54, 1.807) is 0 Å². The average molecular weight is 249 g/mol. The van der Waals surface area contributed by atoms with Gasteiger partial charge in [0.05, 0.1) is 12.3 Å². The van der Waals surface area contributed by atoms with E-state index in [0.717, 1.165) is 28.1 Å². The number of benzene rings is 1. The molecule has 0 saturated heterocycles. The van der Waals surface area contributed by atoms with Crippen molar-refractivity contribution >= 4 is 11.3 Å². The van der Waals surface area contributed by atoms with Crippen molar-refractivity contribution in [2.75, 3.05) is 6.61 Å². The number of rotatable bonds is 3. The van der Waals surface area contributed by atoms with Crippen LogP contribution in [0.15, 0.2) is 22.3 Å². The molecule has 0 unspecified atom stereocenters. The van der Waals surface area contributed by atoms with Crippen LogP contribution in [-0.4, -0.2) is 11.6 Å². The topological polar surface area (TPSA) is 42.1 Å². The van der Waals surface area contributed by atoms with E-state index in [-0.39, 0.29) is 4.87 Å². The highest BCUT2D eigenvalue weighted by atomic mass is 32.1. The van der Waals surface area contributed by atoms with E-state index in [2.05, 4.69) is 11.1 Å². The van der Waals surface area contributed by atoms with Gasteiger partial charge in [-0.1, -0.05) is 11.3 Å². The molecule has 1 aromatic heterocycles. The minimum absolute atomic E-state index is 0.0223. The molecule has 0 aliphatic carbocycles. The van der Waals surface area contributed by atoms with Crippen molar-refractivity contribution in [3.8, 4) is 17.0 Å². The minimum atomic E-state index is -0.0223. The Balaban J connectivity index is 2.49. The van der Waals surface area contributed by atoms with Gasteiger partial charge in [-0.25, -0.2) is 0 Å². The van der Waals surface area contributed by atoms with Crippen molar-refractivity contribution in [3.05, 3.63) is 38.3 Å². The second-order valence-electron chi connectivity index (χ2n) is 3.93. The molecule has 0 spiro atoms. The number of hydrogen-bond donors (Lipinski definition) is 1. The Hall–Kier alpha value is -1.55. The Morgan fingerprint density at radius 1 is 1.29 bits per heavy atom. The summed E-state index contributed by atoms with van der Waals surface area (Å²) in [6.45, 7) is 6.67. The number of aromatic amines is 1. The maximum atomic E-state index is 11.2. The van der Waals surface area contributed by atoms with Crippen LogP contribution >= 0.6 is 11.3 Å². The van der Waals surface area contributed by atoms with Gasteiger partial charge in [0.2, 0.25) is 0 Å². The maximum absolute atomic E-state index is 11.2. The summed E-state index contributed by atoms with van der Waals surface area (Å²) in [4.78, 5) is 14.0. The molecule has 0 bridgehead atoms. The van der Waals surface area contributed by atoms with Crippen molar-refractivity contribution in [1.82, 2.24) is 4.98 Å². The molecule has 0 aliphatic rings. The summed E-state index contributed by atoms with van der Waals surface area (Å²) in [6.07, 6.45) is 0. The largest absolute Gasteiger partial charge is 0.494 e. The molecule has 17 heavy (non-hydrogen) atoms. The van der Waals surface area contributed by atoms with Crippen molar-refractivity contribution in [2.45, 2.75) is 20.8 Å². The third-order valence-electron chi connectivity index (χ3n) is 2.63. The zero-order valence-electron chi connectivity index (χ0n) is 10.2. The van der Waals surface area contributed by atoms with Crippen molar-refractivity contribution in [3.63, 3.8) is 0 Å². The lowest BCUT2D eigenvalue weighted by Crippen LogP contribution is -1.97. The summed E-state index contributed by atoms with van der Waals surface area (Å²) in [7, 11) is 0. The minimum Gasteiger partial charge on any atom is -0.494 e. The first kappa shape index (κ1) is 11.9. The lowest BCUT2D eigenvalue weighted by atomic mass is 10.0. The molecule has 1 heterocycles. The molecule has 0 aliphatic heterocycles. The Morgan fingerprint density at radius 3 is 2.65 bits per heavy atom. The summed E-state index contributed by atoms with van der Waals surface area (Å²) in [5.41, 5.74) is 4.13. The Bertz CT molecular complexity index is 583. The van der Waals surface area contributed by atoms with Gasteiger partial charge >= 0.3 is 4.87 Å². The smallest absolute Gasteiger partial charge is 0.304 e. The van der Waals surface area contributed by atoms with Gasteiger partial charge in [0.25, 0.3) is 0 Å². The van der Waals surface area contributed by atoms with E-state index in [0.29, 0.717) is 6.61 Å². The summed E-state index contributed by atoms with van der Waals surface area (Å²) in [6, 6.07) is 4.07. The number of thiazole rings is 1. The van der Waals surface area contributed by atoms with Crippen LogP contribution in [0, 0.1) is 13.8 Å². The maximum Gasteiger partial charge on any atom is 0.304 e. The van der Waals surface area contributed by atoms with Gasteiger partial charge < -0.3 is 9.72 Å². The van der Waals surface area contributed by atoms with E-state index in [9.17, 15) is 4.79 Å². The molecule has 0 atom stereocenters. The molecular weight excluding hydrogens is 234 g/mol. The highest BCUT2D eigenvalue weighted by Crippen LogP contribution is 2.29. The van der Waals surface area contributed by atoms with Gasteiger partial charge in [-0.3, -0.25) is 4.79 Å². The number of aromatic nitrogens is 1. The number of nitrogens with one attached hydrogen (secondary N) is 1. The number of hydrogen-bond acceptors (Lipinski definition) is 3. The van der Waals surface area contributed by atoms with Crippen molar-refractivity contribution in [2.24, 2.45) is 0 Å². The molecular formula is C13H15NO2S. The molecule has 1 N–H and O–H groups in total. The first-order chi connectivity index (χ1) is 8.11. The Labute approximate surface area is 104 Å². The van der Waals surface area contributed by atoms with Crippen molar-refractivity contribution < 1.29 is 4.74 Å². The number of H-pyrrole nitrogens is 1. The van der Waals surface area contributed by atoms with Crippen LogP contribution in [0.4, 0.5) is 0 Å². The third kappa shape index (κ3) is 2.42. The van der Waals surface area contributed by atoms with Crippen LogP contribution in [-0.2, 0) is 0 Å². The SMILES string of the molecule is CCOc1cc(C)c(-c2csc(=O)[nH]2)cc1C.